The number of amides is 2. The summed E-state index contributed by atoms with van der Waals surface area (Å²) in [5.41, 5.74) is 0.882. The van der Waals surface area contributed by atoms with Crippen molar-refractivity contribution in [1.82, 2.24) is 4.90 Å². The number of benzene rings is 1. The first kappa shape index (κ1) is 11.1. The van der Waals surface area contributed by atoms with E-state index in [1.165, 1.54) is 0 Å². The SMILES string of the molecule is O=C(Cc1ccc(Br)cc1)N1CCOC1=O. The standard InChI is InChI=1S/C11H10BrNO3/c12-9-3-1-8(2-4-9)7-10(14)13-5-6-16-11(13)15/h1-4H,5-7H2. The highest BCUT2D eigenvalue weighted by Gasteiger charge is 2.27. The van der Waals surface area contributed by atoms with Crippen LogP contribution in [-0.2, 0) is 16.0 Å². The maximum absolute atomic E-state index is 11.7. The molecule has 2 rings (SSSR count). The maximum Gasteiger partial charge on any atom is 0.416 e. The third kappa shape index (κ3) is 2.41. The lowest BCUT2D eigenvalue weighted by molar-refractivity contribution is -0.127. The number of rotatable bonds is 2. The smallest absolute Gasteiger partial charge is 0.416 e. The summed E-state index contributed by atoms with van der Waals surface area (Å²) in [5, 5.41) is 0. The van der Waals surface area contributed by atoms with Crippen molar-refractivity contribution in [2.45, 2.75) is 6.42 Å². The first-order valence-corrected chi connectivity index (χ1v) is 5.67. The maximum atomic E-state index is 11.7. The summed E-state index contributed by atoms with van der Waals surface area (Å²) in [6, 6.07) is 7.43. The second-order valence-corrected chi connectivity index (χ2v) is 4.38. The molecule has 84 valence electrons. The van der Waals surface area contributed by atoms with E-state index in [-0.39, 0.29) is 12.3 Å². The summed E-state index contributed by atoms with van der Waals surface area (Å²) in [7, 11) is 0. The predicted octanol–water partition coefficient (Wildman–Crippen LogP) is 1.97. The normalized spacial score (nSPS) is 15.1. The molecule has 1 aromatic rings. The molecular formula is C11H10BrNO3. The molecule has 0 atom stereocenters. The lowest BCUT2D eigenvalue weighted by Gasteiger charge is -2.10. The molecule has 1 aliphatic heterocycles. The van der Waals surface area contributed by atoms with Crippen LogP contribution < -0.4 is 0 Å². The largest absolute Gasteiger partial charge is 0.447 e. The van der Waals surface area contributed by atoms with Gasteiger partial charge in [-0.3, -0.25) is 4.79 Å². The molecule has 0 spiro atoms. The Morgan fingerprint density at radius 1 is 1.38 bits per heavy atom. The van der Waals surface area contributed by atoms with E-state index in [9.17, 15) is 9.59 Å². The Labute approximate surface area is 101 Å². The monoisotopic (exact) mass is 283 g/mol. The van der Waals surface area contributed by atoms with Crippen LogP contribution in [-0.4, -0.2) is 30.1 Å². The van der Waals surface area contributed by atoms with E-state index < -0.39 is 6.09 Å². The van der Waals surface area contributed by atoms with Crippen LogP contribution in [0.4, 0.5) is 4.79 Å². The third-order valence-corrected chi connectivity index (χ3v) is 2.86. The lowest BCUT2D eigenvalue weighted by atomic mass is 10.1. The Balaban J connectivity index is 2.02. The molecule has 1 aliphatic rings. The van der Waals surface area contributed by atoms with E-state index in [1.807, 2.05) is 24.3 Å². The van der Waals surface area contributed by atoms with Crippen molar-refractivity contribution in [3.63, 3.8) is 0 Å². The Morgan fingerprint density at radius 3 is 2.62 bits per heavy atom. The van der Waals surface area contributed by atoms with Gasteiger partial charge in [0.2, 0.25) is 5.91 Å². The number of hydrogen-bond donors (Lipinski definition) is 0. The number of carbonyl (C=O) groups excluding carboxylic acids is 2. The fraction of sp³-hybridized carbons (Fsp3) is 0.273. The molecule has 1 saturated heterocycles. The number of imide groups is 1. The summed E-state index contributed by atoms with van der Waals surface area (Å²) in [5.74, 6) is -0.218. The molecule has 2 amide bonds. The number of halogens is 1. The van der Waals surface area contributed by atoms with Gasteiger partial charge in [-0.1, -0.05) is 28.1 Å². The molecule has 0 bridgehead atoms. The van der Waals surface area contributed by atoms with Gasteiger partial charge in [0.05, 0.1) is 13.0 Å². The van der Waals surface area contributed by atoms with Gasteiger partial charge in [-0.15, -0.1) is 0 Å². The molecule has 0 N–H and O–H groups in total. The number of hydrogen-bond acceptors (Lipinski definition) is 3. The fourth-order valence-electron chi connectivity index (χ4n) is 1.49. The Morgan fingerprint density at radius 2 is 2.06 bits per heavy atom. The average Bonchev–Trinajstić information content (AvgIpc) is 2.68. The van der Waals surface area contributed by atoms with Crippen molar-refractivity contribution in [2.24, 2.45) is 0 Å². The van der Waals surface area contributed by atoms with Crippen LogP contribution in [0.15, 0.2) is 28.7 Å². The molecule has 1 aromatic carbocycles. The number of ether oxygens (including phenoxy) is 1. The summed E-state index contributed by atoms with van der Waals surface area (Å²) >= 11 is 3.32. The quantitative estimate of drug-likeness (QED) is 0.834. The van der Waals surface area contributed by atoms with Crippen LogP contribution in [0.3, 0.4) is 0 Å². The van der Waals surface area contributed by atoms with Crippen molar-refractivity contribution in [1.29, 1.82) is 0 Å². The molecule has 0 aliphatic carbocycles. The van der Waals surface area contributed by atoms with Gasteiger partial charge in [-0.2, -0.15) is 0 Å². The summed E-state index contributed by atoms with van der Waals surface area (Å²) in [6.07, 6.45) is -0.315. The molecule has 0 radical (unpaired) electrons. The van der Waals surface area contributed by atoms with Gasteiger partial charge < -0.3 is 4.74 Å². The zero-order valence-electron chi connectivity index (χ0n) is 8.48. The predicted molar refractivity (Wildman–Crippen MR) is 60.9 cm³/mol. The van der Waals surface area contributed by atoms with Gasteiger partial charge in [0.15, 0.2) is 0 Å². The van der Waals surface area contributed by atoms with Gasteiger partial charge in [0.1, 0.15) is 6.61 Å². The molecule has 5 heteroatoms. The average molecular weight is 284 g/mol. The summed E-state index contributed by atoms with van der Waals surface area (Å²) in [4.78, 5) is 24.0. The van der Waals surface area contributed by atoms with Gasteiger partial charge in [-0.05, 0) is 17.7 Å². The zero-order chi connectivity index (χ0) is 11.5. The van der Waals surface area contributed by atoms with E-state index >= 15 is 0 Å². The number of carbonyl (C=O) groups is 2. The molecule has 4 nitrogen and oxygen atoms in total. The Kier molecular flexibility index (Phi) is 3.24. The number of cyclic esters (lactones) is 1. The Bertz CT molecular complexity index is 416. The first-order chi connectivity index (χ1) is 7.66. The second kappa shape index (κ2) is 4.65. The van der Waals surface area contributed by atoms with E-state index in [2.05, 4.69) is 15.9 Å². The van der Waals surface area contributed by atoms with Crippen LogP contribution in [0, 0.1) is 0 Å². The minimum Gasteiger partial charge on any atom is -0.447 e. The minimum atomic E-state index is -0.540. The summed E-state index contributed by atoms with van der Waals surface area (Å²) in [6.45, 7) is 0.652. The van der Waals surface area contributed by atoms with Crippen molar-refractivity contribution < 1.29 is 14.3 Å². The van der Waals surface area contributed by atoms with Crippen molar-refractivity contribution >= 4 is 27.9 Å². The van der Waals surface area contributed by atoms with Gasteiger partial charge in [-0.25, -0.2) is 9.69 Å². The second-order valence-electron chi connectivity index (χ2n) is 3.46. The highest BCUT2D eigenvalue weighted by molar-refractivity contribution is 9.10. The van der Waals surface area contributed by atoms with Crippen molar-refractivity contribution in [3.05, 3.63) is 34.3 Å². The summed E-state index contributed by atoms with van der Waals surface area (Å²) < 4.78 is 5.66. The van der Waals surface area contributed by atoms with Gasteiger partial charge >= 0.3 is 6.09 Å². The van der Waals surface area contributed by atoms with E-state index in [0.717, 1.165) is 14.9 Å². The molecule has 16 heavy (non-hydrogen) atoms. The van der Waals surface area contributed by atoms with E-state index in [4.69, 9.17) is 4.74 Å². The molecule has 1 heterocycles. The van der Waals surface area contributed by atoms with Crippen molar-refractivity contribution in [2.75, 3.05) is 13.2 Å². The molecule has 0 unspecified atom stereocenters. The van der Waals surface area contributed by atoms with Gasteiger partial charge in [0, 0.05) is 4.47 Å². The first-order valence-electron chi connectivity index (χ1n) is 4.88. The topological polar surface area (TPSA) is 46.6 Å². The van der Waals surface area contributed by atoms with Crippen LogP contribution >= 0.6 is 15.9 Å². The highest BCUT2D eigenvalue weighted by atomic mass is 79.9. The lowest BCUT2D eigenvalue weighted by Crippen LogP contribution is -2.32. The van der Waals surface area contributed by atoms with Gasteiger partial charge in [0.25, 0.3) is 0 Å². The fourth-order valence-corrected chi connectivity index (χ4v) is 1.76. The third-order valence-electron chi connectivity index (χ3n) is 2.33. The highest BCUT2D eigenvalue weighted by Crippen LogP contribution is 2.13. The van der Waals surface area contributed by atoms with Crippen LogP contribution in [0.2, 0.25) is 0 Å². The van der Waals surface area contributed by atoms with Crippen molar-refractivity contribution in [3.8, 4) is 0 Å². The Hall–Kier alpha value is -1.36. The van der Waals surface area contributed by atoms with E-state index in [1.54, 1.807) is 0 Å². The van der Waals surface area contributed by atoms with Crippen LogP contribution in [0.5, 0.6) is 0 Å². The molecule has 0 aromatic heterocycles. The molecule has 0 saturated carbocycles. The zero-order valence-corrected chi connectivity index (χ0v) is 10.1. The van der Waals surface area contributed by atoms with E-state index in [0.29, 0.717) is 13.2 Å². The minimum absolute atomic E-state index is 0.218. The van der Waals surface area contributed by atoms with Crippen LogP contribution in [0.1, 0.15) is 5.56 Å². The molecular weight excluding hydrogens is 274 g/mol. The van der Waals surface area contributed by atoms with Crippen LogP contribution in [0.25, 0.3) is 0 Å². The molecule has 1 fully saturated rings. The number of nitrogens with zero attached hydrogens (tertiary/aromatic N) is 1.